The minimum Gasteiger partial charge on any atom is -0.313 e. The molecule has 0 fully saturated rings. The number of nitrogens with zero attached hydrogens (tertiary/aromatic N) is 1. The van der Waals surface area contributed by atoms with E-state index >= 15 is 0 Å². The predicted molar refractivity (Wildman–Crippen MR) is 93.7 cm³/mol. The van der Waals surface area contributed by atoms with Gasteiger partial charge in [0.2, 0.25) is 0 Å². The largest absolute Gasteiger partial charge is 0.313 e. The lowest BCUT2D eigenvalue weighted by Crippen LogP contribution is -2.29. The van der Waals surface area contributed by atoms with Gasteiger partial charge in [-0.3, -0.25) is 14.5 Å². The Morgan fingerprint density at radius 1 is 0.875 bits per heavy atom. The maximum Gasteiger partial charge on any atom is 0.261 e. The number of amides is 2. The summed E-state index contributed by atoms with van der Waals surface area (Å²) in [4.78, 5) is 26.1. The van der Waals surface area contributed by atoms with Crippen LogP contribution in [-0.4, -0.2) is 23.3 Å². The summed E-state index contributed by atoms with van der Waals surface area (Å²) in [6.45, 7) is 4.35. The molecule has 0 saturated heterocycles. The summed E-state index contributed by atoms with van der Waals surface area (Å²) < 4.78 is 0. The fourth-order valence-corrected chi connectivity index (χ4v) is 2.86. The molecule has 0 bridgehead atoms. The van der Waals surface area contributed by atoms with E-state index < -0.39 is 0 Å². The number of fused-ring (bicyclic) bond motifs is 1. The van der Waals surface area contributed by atoms with E-state index in [0.29, 0.717) is 17.7 Å². The van der Waals surface area contributed by atoms with Crippen LogP contribution in [0.1, 0.15) is 51.6 Å². The number of unbranched alkanes of at least 4 members (excludes halogenated alkanes) is 1. The zero-order valence-corrected chi connectivity index (χ0v) is 13.9. The number of benzene rings is 2. The summed E-state index contributed by atoms with van der Waals surface area (Å²) in [5.74, 6) is -0.415. The van der Waals surface area contributed by atoms with E-state index in [2.05, 4.69) is 12.2 Å². The smallest absolute Gasteiger partial charge is 0.261 e. The Kier molecular flexibility index (Phi) is 5.06. The van der Waals surface area contributed by atoms with Crippen molar-refractivity contribution in [2.75, 3.05) is 6.54 Å². The van der Waals surface area contributed by atoms with Crippen LogP contribution in [0.3, 0.4) is 0 Å². The molecule has 1 aliphatic heterocycles. The van der Waals surface area contributed by atoms with Crippen molar-refractivity contribution in [3.63, 3.8) is 0 Å². The fourth-order valence-electron chi connectivity index (χ4n) is 2.86. The monoisotopic (exact) mass is 322 g/mol. The molecule has 2 amide bonds. The van der Waals surface area contributed by atoms with E-state index in [0.717, 1.165) is 18.7 Å². The van der Waals surface area contributed by atoms with Crippen molar-refractivity contribution in [2.24, 2.45) is 0 Å². The topological polar surface area (TPSA) is 49.4 Å². The first-order valence-corrected chi connectivity index (χ1v) is 8.44. The predicted octanol–water partition coefficient (Wildman–Crippen LogP) is 3.37. The van der Waals surface area contributed by atoms with Gasteiger partial charge < -0.3 is 5.32 Å². The van der Waals surface area contributed by atoms with Crippen molar-refractivity contribution >= 4 is 11.8 Å². The summed E-state index contributed by atoms with van der Waals surface area (Å²) in [6, 6.07) is 15.1. The molecule has 2 aromatic carbocycles. The van der Waals surface area contributed by atoms with Crippen molar-refractivity contribution in [3.05, 3.63) is 70.8 Å². The second kappa shape index (κ2) is 7.41. The van der Waals surface area contributed by atoms with Crippen LogP contribution in [0.2, 0.25) is 0 Å². The Bertz CT molecular complexity index is 703. The van der Waals surface area contributed by atoms with Gasteiger partial charge in [0.15, 0.2) is 0 Å². The van der Waals surface area contributed by atoms with Crippen molar-refractivity contribution in [1.29, 1.82) is 0 Å². The fraction of sp³-hybridized carbons (Fsp3) is 0.300. The molecule has 0 aliphatic carbocycles. The van der Waals surface area contributed by atoms with Gasteiger partial charge in [-0.25, -0.2) is 0 Å². The first-order chi connectivity index (χ1) is 11.7. The maximum absolute atomic E-state index is 12.4. The quantitative estimate of drug-likeness (QED) is 0.628. The molecule has 0 atom stereocenters. The minimum atomic E-state index is -0.207. The number of carbonyl (C=O) groups excluding carboxylic acids is 2. The Morgan fingerprint density at radius 3 is 2.04 bits per heavy atom. The van der Waals surface area contributed by atoms with E-state index in [-0.39, 0.29) is 11.8 Å². The van der Waals surface area contributed by atoms with E-state index in [4.69, 9.17) is 0 Å². The molecule has 0 saturated carbocycles. The van der Waals surface area contributed by atoms with Gasteiger partial charge in [-0.2, -0.15) is 0 Å². The minimum absolute atomic E-state index is 0.207. The molecule has 0 radical (unpaired) electrons. The lowest BCUT2D eigenvalue weighted by Gasteiger charge is -2.14. The van der Waals surface area contributed by atoms with Crippen molar-refractivity contribution in [2.45, 2.75) is 32.9 Å². The standard InChI is InChI=1S/C20H22N2O2/c1-2-3-12-21-13-15-8-10-16(11-9-15)14-22-19(23)17-6-4-5-7-18(17)20(22)24/h4-11,21H,2-3,12-14H2,1H3. The number of rotatable bonds is 7. The van der Waals surface area contributed by atoms with Gasteiger partial charge in [-0.05, 0) is 36.2 Å². The molecule has 24 heavy (non-hydrogen) atoms. The zero-order valence-electron chi connectivity index (χ0n) is 13.9. The Morgan fingerprint density at radius 2 is 1.46 bits per heavy atom. The maximum atomic E-state index is 12.4. The molecular weight excluding hydrogens is 300 g/mol. The van der Waals surface area contributed by atoms with Crippen LogP contribution in [0.5, 0.6) is 0 Å². The first kappa shape index (κ1) is 16.4. The molecule has 1 N–H and O–H groups in total. The molecule has 0 aromatic heterocycles. The summed E-state index contributed by atoms with van der Waals surface area (Å²) in [7, 11) is 0. The summed E-state index contributed by atoms with van der Waals surface area (Å²) in [6.07, 6.45) is 2.37. The van der Waals surface area contributed by atoms with E-state index in [1.165, 1.54) is 23.3 Å². The van der Waals surface area contributed by atoms with E-state index in [1.54, 1.807) is 24.3 Å². The number of nitrogens with one attached hydrogen (secondary N) is 1. The van der Waals surface area contributed by atoms with Crippen LogP contribution in [0, 0.1) is 0 Å². The number of imide groups is 1. The van der Waals surface area contributed by atoms with Crippen LogP contribution < -0.4 is 5.32 Å². The summed E-state index contributed by atoms with van der Waals surface area (Å²) >= 11 is 0. The number of carbonyl (C=O) groups is 2. The van der Waals surface area contributed by atoms with Gasteiger partial charge in [0.25, 0.3) is 11.8 Å². The highest BCUT2D eigenvalue weighted by Gasteiger charge is 2.34. The lowest BCUT2D eigenvalue weighted by atomic mass is 10.1. The van der Waals surface area contributed by atoms with Gasteiger partial charge in [0.05, 0.1) is 17.7 Å². The van der Waals surface area contributed by atoms with E-state index in [9.17, 15) is 9.59 Å². The first-order valence-electron chi connectivity index (χ1n) is 8.44. The molecule has 3 rings (SSSR count). The second-order valence-electron chi connectivity index (χ2n) is 6.09. The normalized spacial score (nSPS) is 13.5. The summed E-state index contributed by atoms with van der Waals surface area (Å²) in [5, 5.41) is 3.40. The highest BCUT2D eigenvalue weighted by atomic mass is 16.2. The third-order valence-corrected chi connectivity index (χ3v) is 4.28. The summed E-state index contributed by atoms with van der Waals surface area (Å²) in [5.41, 5.74) is 3.16. The molecule has 4 heteroatoms. The Balaban J connectivity index is 1.63. The van der Waals surface area contributed by atoms with Crippen LogP contribution in [0.15, 0.2) is 48.5 Å². The van der Waals surface area contributed by atoms with Crippen molar-refractivity contribution in [1.82, 2.24) is 10.2 Å². The van der Waals surface area contributed by atoms with Crippen molar-refractivity contribution < 1.29 is 9.59 Å². The van der Waals surface area contributed by atoms with Gasteiger partial charge in [-0.1, -0.05) is 49.7 Å². The van der Waals surface area contributed by atoms with E-state index in [1.807, 2.05) is 24.3 Å². The molecule has 1 heterocycles. The van der Waals surface area contributed by atoms with Crippen LogP contribution >= 0.6 is 0 Å². The van der Waals surface area contributed by atoms with Crippen LogP contribution in [0.25, 0.3) is 0 Å². The molecule has 4 nitrogen and oxygen atoms in total. The molecule has 124 valence electrons. The molecular formula is C20H22N2O2. The Labute approximate surface area is 142 Å². The lowest BCUT2D eigenvalue weighted by molar-refractivity contribution is 0.0642. The van der Waals surface area contributed by atoms with Gasteiger partial charge >= 0.3 is 0 Å². The van der Waals surface area contributed by atoms with Gasteiger partial charge in [0.1, 0.15) is 0 Å². The third kappa shape index (κ3) is 3.39. The number of hydrogen-bond donors (Lipinski definition) is 1. The molecule has 0 spiro atoms. The van der Waals surface area contributed by atoms with Crippen molar-refractivity contribution in [3.8, 4) is 0 Å². The molecule has 0 unspecified atom stereocenters. The zero-order chi connectivity index (χ0) is 16.9. The van der Waals surface area contributed by atoms with Gasteiger partial charge in [-0.15, -0.1) is 0 Å². The van der Waals surface area contributed by atoms with Gasteiger partial charge in [0, 0.05) is 6.54 Å². The highest BCUT2D eigenvalue weighted by molar-refractivity contribution is 6.21. The average Bonchev–Trinajstić information content (AvgIpc) is 2.85. The Hall–Kier alpha value is -2.46. The molecule has 2 aromatic rings. The highest BCUT2D eigenvalue weighted by Crippen LogP contribution is 2.24. The number of hydrogen-bond acceptors (Lipinski definition) is 3. The average molecular weight is 322 g/mol. The SMILES string of the molecule is CCCCNCc1ccc(CN2C(=O)c3ccccc3C2=O)cc1. The van der Waals surface area contributed by atoms with Crippen LogP contribution in [0.4, 0.5) is 0 Å². The second-order valence-corrected chi connectivity index (χ2v) is 6.09. The third-order valence-electron chi connectivity index (χ3n) is 4.28. The van der Waals surface area contributed by atoms with Crippen LogP contribution in [-0.2, 0) is 13.1 Å². The molecule has 1 aliphatic rings.